The molecule has 19 heavy (non-hydrogen) atoms. The summed E-state index contributed by atoms with van der Waals surface area (Å²) in [4.78, 5) is 31.6. The molecule has 2 rings (SSSR count). The lowest BCUT2D eigenvalue weighted by Crippen LogP contribution is -2.40. The summed E-state index contributed by atoms with van der Waals surface area (Å²) in [7, 11) is 0. The summed E-state index contributed by atoms with van der Waals surface area (Å²) >= 11 is 5.95. The van der Waals surface area contributed by atoms with Gasteiger partial charge < -0.3 is 14.6 Å². The molecule has 1 N–H and O–H groups in total. The number of H-pyrrole nitrogens is 1. The fourth-order valence-corrected chi connectivity index (χ4v) is 2.44. The summed E-state index contributed by atoms with van der Waals surface area (Å²) in [6.07, 6.45) is 2.95. The monoisotopic (exact) mass is 285 g/mol. The van der Waals surface area contributed by atoms with E-state index in [-0.39, 0.29) is 22.5 Å². The molecule has 104 valence electrons. The van der Waals surface area contributed by atoms with E-state index in [4.69, 9.17) is 16.3 Å². The molecule has 0 aliphatic carbocycles. The van der Waals surface area contributed by atoms with Crippen LogP contribution in [0.15, 0.2) is 11.1 Å². The van der Waals surface area contributed by atoms with Crippen LogP contribution in [0.5, 0.6) is 0 Å². The smallest absolute Gasteiger partial charge is 0.310 e. The fourth-order valence-electron chi connectivity index (χ4n) is 2.22. The predicted molar refractivity (Wildman–Crippen MR) is 71.4 cm³/mol. The van der Waals surface area contributed by atoms with Gasteiger partial charge in [0.2, 0.25) is 0 Å². The summed E-state index contributed by atoms with van der Waals surface area (Å²) in [5.41, 5.74) is -0.370. The Morgan fingerprint density at radius 1 is 1.68 bits per heavy atom. The van der Waals surface area contributed by atoms with Crippen LogP contribution in [0.2, 0.25) is 5.02 Å². The average Bonchev–Trinajstić information content (AvgIpc) is 2.42. The topological polar surface area (TPSA) is 75.3 Å². The standard InChI is InChI=1S/C12H16ClN3O3/c1-2-19-12(18)8-4-3-5-16(6-8)10-9(13)11(17)15-7-14-10/h7-8H,2-6H2,1H3,(H,14,15,17). The van der Waals surface area contributed by atoms with Gasteiger partial charge in [0, 0.05) is 13.1 Å². The molecule has 1 aliphatic rings. The molecule has 1 aromatic heterocycles. The Labute approximate surface area is 115 Å². The SMILES string of the molecule is CCOC(=O)C1CCCN(c2nc[nH]c(=O)c2Cl)C1. The number of carbonyl (C=O) groups excluding carboxylic acids is 1. The van der Waals surface area contributed by atoms with Crippen LogP contribution in [0.4, 0.5) is 5.82 Å². The molecule has 1 saturated heterocycles. The van der Waals surface area contributed by atoms with Crippen LogP contribution in [0, 0.1) is 5.92 Å². The Kier molecular flexibility index (Phi) is 4.42. The molecule has 0 radical (unpaired) electrons. The van der Waals surface area contributed by atoms with E-state index in [0.717, 1.165) is 19.4 Å². The minimum absolute atomic E-state index is 0.0620. The van der Waals surface area contributed by atoms with Crippen LogP contribution in [0.25, 0.3) is 0 Å². The molecule has 1 unspecified atom stereocenters. The Bertz CT molecular complexity index is 517. The third kappa shape index (κ3) is 3.07. The van der Waals surface area contributed by atoms with Gasteiger partial charge in [-0.3, -0.25) is 9.59 Å². The molecule has 0 bridgehead atoms. The molecular formula is C12H16ClN3O3. The van der Waals surface area contributed by atoms with Crippen molar-refractivity contribution in [3.63, 3.8) is 0 Å². The van der Waals surface area contributed by atoms with Gasteiger partial charge in [0.25, 0.3) is 5.56 Å². The zero-order valence-corrected chi connectivity index (χ0v) is 11.4. The van der Waals surface area contributed by atoms with Crippen LogP contribution in [0.3, 0.4) is 0 Å². The van der Waals surface area contributed by atoms with E-state index in [2.05, 4.69) is 9.97 Å². The lowest BCUT2D eigenvalue weighted by Gasteiger charge is -2.32. The number of halogens is 1. The van der Waals surface area contributed by atoms with E-state index in [0.29, 0.717) is 19.0 Å². The maximum atomic E-state index is 11.8. The van der Waals surface area contributed by atoms with Gasteiger partial charge in [0.1, 0.15) is 5.02 Å². The van der Waals surface area contributed by atoms with E-state index >= 15 is 0 Å². The lowest BCUT2D eigenvalue weighted by molar-refractivity contribution is -0.148. The van der Waals surface area contributed by atoms with E-state index in [1.54, 1.807) is 6.92 Å². The summed E-state index contributed by atoms with van der Waals surface area (Å²) in [6, 6.07) is 0. The molecule has 1 atom stereocenters. The van der Waals surface area contributed by atoms with Gasteiger partial charge in [-0.1, -0.05) is 11.6 Å². The van der Waals surface area contributed by atoms with E-state index in [1.807, 2.05) is 4.90 Å². The first-order valence-corrected chi connectivity index (χ1v) is 6.66. The first kappa shape index (κ1) is 13.9. The normalized spacial score (nSPS) is 19.3. The highest BCUT2D eigenvalue weighted by Gasteiger charge is 2.28. The van der Waals surface area contributed by atoms with Crippen molar-refractivity contribution < 1.29 is 9.53 Å². The third-order valence-corrected chi connectivity index (χ3v) is 3.46. The van der Waals surface area contributed by atoms with Crippen molar-refractivity contribution in [1.29, 1.82) is 0 Å². The first-order valence-electron chi connectivity index (χ1n) is 6.28. The highest BCUT2D eigenvalue weighted by molar-refractivity contribution is 6.32. The Hall–Kier alpha value is -1.56. The second-order valence-electron chi connectivity index (χ2n) is 4.41. The molecule has 1 fully saturated rings. The number of carbonyl (C=O) groups is 1. The third-order valence-electron chi connectivity index (χ3n) is 3.12. The van der Waals surface area contributed by atoms with Gasteiger partial charge in [-0.2, -0.15) is 0 Å². The number of aromatic nitrogens is 2. The van der Waals surface area contributed by atoms with Crippen LogP contribution in [-0.4, -0.2) is 35.6 Å². The lowest BCUT2D eigenvalue weighted by atomic mass is 9.98. The fraction of sp³-hybridized carbons (Fsp3) is 0.583. The number of anilines is 1. The second kappa shape index (κ2) is 6.06. The van der Waals surface area contributed by atoms with Crippen molar-refractivity contribution in [2.75, 3.05) is 24.6 Å². The molecule has 2 heterocycles. The Balaban J connectivity index is 2.15. The van der Waals surface area contributed by atoms with Crippen molar-refractivity contribution in [3.05, 3.63) is 21.7 Å². The molecule has 1 aromatic rings. The number of nitrogens with one attached hydrogen (secondary N) is 1. The molecular weight excluding hydrogens is 270 g/mol. The average molecular weight is 286 g/mol. The first-order chi connectivity index (χ1) is 9.13. The zero-order valence-electron chi connectivity index (χ0n) is 10.7. The number of rotatable bonds is 3. The molecule has 0 saturated carbocycles. The molecule has 1 aliphatic heterocycles. The van der Waals surface area contributed by atoms with Crippen LogP contribution in [0.1, 0.15) is 19.8 Å². The van der Waals surface area contributed by atoms with E-state index in [1.165, 1.54) is 6.33 Å². The van der Waals surface area contributed by atoms with E-state index in [9.17, 15) is 9.59 Å². The quantitative estimate of drug-likeness (QED) is 0.845. The highest BCUT2D eigenvalue weighted by atomic mass is 35.5. The minimum atomic E-state index is -0.370. The second-order valence-corrected chi connectivity index (χ2v) is 4.78. The van der Waals surface area contributed by atoms with Crippen molar-refractivity contribution in [3.8, 4) is 0 Å². The molecule has 0 aromatic carbocycles. The molecule has 7 heteroatoms. The number of nitrogens with zero attached hydrogens (tertiary/aromatic N) is 2. The molecule has 0 amide bonds. The van der Waals surface area contributed by atoms with Crippen LogP contribution >= 0.6 is 11.6 Å². The molecule has 0 spiro atoms. The predicted octanol–water partition coefficient (Wildman–Crippen LogP) is 1.20. The minimum Gasteiger partial charge on any atom is -0.466 e. The van der Waals surface area contributed by atoms with Crippen molar-refractivity contribution in [1.82, 2.24) is 9.97 Å². The number of aromatic amines is 1. The summed E-state index contributed by atoms with van der Waals surface area (Å²) in [5.74, 6) is 0.0402. The maximum absolute atomic E-state index is 11.8. The van der Waals surface area contributed by atoms with Crippen LogP contribution < -0.4 is 10.5 Å². The zero-order chi connectivity index (χ0) is 13.8. The Morgan fingerprint density at radius 3 is 3.21 bits per heavy atom. The van der Waals surface area contributed by atoms with Gasteiger partial charge in [-0.15, -0.1) is 0 Å². The molecule has 6 nitrogen and oxygen atoms in total. The van der Waals surface area contributed by atoms with Gasteiger partial charge in [-0.25, -0.2) is 4.98 Å². The summed E-state index contributed by atoms with van der Waals surface area (Å²) < 4.78 is 5.03. The summed E-state index contributed by atoms with van der Waals surface area (Å²) in [6.45, 7) is 3.37. The van der Waals surface area contributed by atoms with Gasteiger partial charge >= 0.3 is 5.97 Å². The summed E-state index contributed by atoms with van der Waals surface area (Å²) in [5, 5.41) is 0.0620. The van der Waals surface area contributed by atoms with Crippen molar-refractivity contribution in [2.24, 2.45) is 5.92 Å². The number of ether oxygens (including phenoxy) is 1. The van der Waals surface area contributed by atoms with Crippen molar-refractivity contribution >= 4 is 23.4 Å². The van der Waals surface area contributed by atoms with Crippen LogP contribution in [-0.2, 0) is 9.53 Å². The van der Waals surface area contributed by atoms with E-state index < -0.39 is 0 Å². The number of hydrogen-bond donors (Lipinski definition) is 1. The maximum Gasteiger partial charge on any atom is 0.310 e. The Morgan fingerprint density at radius 2 is 2.47 bits per heavy atom. The van der Waals surface area contributed by atoms with Crippen molar-refractivity contribution in [2.45, 2.75) is 19.8 Å². The van der Waals surface area contributed by atoms with Gasteiger partial charge in [0.05, 0.1) is 18.9 Å². The number of piperidine rings is 1. The highest BCUT2D eigenvalue weighted by Crippen LogP contribution is 2.25. The largest absolute Gasteiger partial charge is 0.466 e. The number of esters is 1. The van der Waals surface area contributed by atoms with Gasteiger partial charge in [-0.05, 0) is 19.8 Å². The van der Waals surface area contributed by atoms with Gasteiger partial charge in [0.15, 0.2) is 5.82 Å². The number of hydrogen-bond acceptors (Lipinski definition) is 5.